The predicted octanol–water partition coefficient (Wildman–Crippen LogP) is 0.982. The lowest BCUT2D eigenvalue weighted by Gasteiger charge is -1.88. The Kier molecular flexibility index (Phi) is 4.10. The third-order valence-electron chi connectivity index (χ3n) is 0.757. The minimum Gasteiger partial charge on any atom is -0.0918 e. The van der Waals surface area contributed by atoms with Crippen molar-refractivity contribution in [3.63, 3.8) is 0 Å². The Morgan fingerprint density at radius 3 is 2.29 bits per heavy atom. The van der Waals surface area contributed by atoms with Crippen LogP contribution in [-0.4, -0.2) is 10.2 Å². The molecule has 0 radical (unpaired) electrons. The quantitative estimate of drug-likeness (QED) is 0.371. The topological polar surface area (TPSA) is 0 Å². The van der Waals surface area contributed by atoms with E-state index in [0.717, 1.165) is 5.92 Å². The summed E-state index contributed by atoms with van der Waals surface area (Å²) in [6.07, 6.45) is 4.52. The summed E-state index contributed by atoms with van der Waals surface area (Å²) in [7, 11) is 1.31. The summed E-state index contributed by atoms with van der Waals surface area (Å²) in [6, 6.07) is 1.30. The predicted molar refractivity (Wildman–Crippen MR) is 38.7 cm³/mol. The molecule has 1 heteroatoms. The van der Waals surface area contributed by atoms with Gasteiger partial charge in [0.1, 0.15) is 0 Å². The van der Waals surface area contributed by atoms with Crippen molar-refractivity contribution >= 4 is 10.2 Å². The minimum atomic E-state index is 0.744. The van der Waals surface area contributed by atoms with Crippen LogP contribution in [0.5, 0.6) is 0 Å². The normalized spacial score (nSPS) is 11.9. The molecule has 0 rings (SSSR count). The van der Waals surface area contributed by atoms with E-state index in [9.17, 15) is 0 Å². The summed E-state index contributed by atoms with van der Waals surface area (Å²) in [5.74, 6) is 0.744. The Labute approximate surface area is 49.0 Å². The summed E-state index contributed by atoms with van der Waals surface area (Å²) in [5, 5.41) is 0. The molecule has 0 bridgehead atoms. The van der Waals surface area contributed by atoms with E-state index in [1.54, 1.807) is 0 Å². The van der Waals surface area contributed by atoms with Crippen molar-refractivity contribution < 1.29 is 0 Å². The molecule has 0 aromatic heterocycles. The van der Waals surface area contributed by atoms with Crippen LogP contribution in [0.3, 0.4) is 0 Å². The van der Waals surface area contributed by atoms with Crippen LogP contribution in [0.25, 0.3) is 0 Å². The van der Waals surface area contributed by atoms with E-state index in [2.05, 4.69) is 26.0 Å². The van der Waals surface area contributed by atoms with Gasteiger partial charge in [0.05, 0.1) is 0 Å². The SMILES string of the molecule is CC(C)C=CC[SiH3]. The second-order valence-corrected chi connectivity index (χ2v) is 2.90. The van der Waals surface area contributed by atoms with Gasteiger partial charge in [0, 0.05) is 10.2 Å². The molecule has 0 aliphatic heterocycles. The van der Waals surface area contributed by atoms with Crippen molar-refractivity contribution in [1.82, 2.24) is 0 Å². The average Bonchev–Trinajstić information content (AvgIpc) is 1.61. The van der Waals surface area contributed by atoms with Crippen LogP contribution in [0.2, 0.25) is 6.04 Å². The zero-order valence-corrected chi connectivity index (χ0v) is 7.44. The molecule has 42 valence electrons. The van der Waals surface area contributed by atoms with E-state index in [1.165, 1.54) is 16.3 Å². The Morgan fingerprint density at radius 1 is 1.57 bits per heavy atom. The summed E-state index contributed by atoms with van der Waals surface area (Å²) >= 11 is 0. The zero-order chi connectivity index (χ0) is 5.70. The maximum Gasteiger partial charge on any atom is 0.00754 e. The first-order valence-corrected chi connectivity index (χ1v) is 4.35. The van der Waals surface area contributed by atoms with Gasteiger partial charge in [-0.25, -0.2) is 0 Å². The molecule has 0 fully saturated rings. The summed E-state index contributed by atoms with van der Waals surface area (Å²) in [4.78, 5) is 0. The lowest BCUT2D eigenvalue weighted by atomic mass is 10.2. The molecule has 0 aromatic carbocycles. The highest BCUT2D eigenvalue weighted by atomic mass is 28.1. The molecule has 0 heterocycles. The molecule has 0 N–H and O–H groups in total. The van der Waals surface area contributed by atoms with E-state index in [4.69, 9.17) is 0 Å². The smallest absolute Gasteiger partial charge is 0.00754 e. The Morgan fingerprint density at radius 2 is 2.14 bits per heavy atom. The fourth-order valence-corrected chi connectivity index (χ4v) is 0.680. The standard InChI is InChI=1S/C6H14Si/c1-6(2)4-3-5-7/h3-4,6H,5H2,1-2,7H3. The highest BCUT2D eigenvalue weighted by molar-refractivity contribution is 6.09. The Balaban J connectivity index is 3.08. The Bertz CT molecular complexity index is 55.2. The zero-order valence-electron chi connectivity index (χ0n) is 5.44. The first-order chi connectivity index (χ1) is 3.27. The molecule has 0 aliphatic carbocycles. The molecule has 7 heavy (non-hydrogen) atoms. The van der Waals surface area contributed by atoms with Crippen LogP contribution in [0.15, 0.2) is 12.2 Å². The molecule has 0 atom stereocenters. The number of hydrogen-bond acceptors (Lipinski definition) is 0. The molecule has 0 aliphatic rings. The molecule has 0 amide bonds. The molecule has 0 saturated heterocycles. The van der Waals surface area contributed by atoms with Gasteiger partial charge in [-0.05, 0) is 12.0 Å². The minimum absolute atomic E-state index is 0.744. The lowest BCUT2D eigenvalue weighted by Crippen LogP contribution is -1.75. The Hall–Kier alpha value is -0.0431. The van der Waals surface area contributed by atoms with Crippen LogP contribution in [0, 0.1) is 5.92 Å². The van der Waals surface area contributed by atoms with Gasteiger partial charge in [0.15, 0.2) is 0 Å². The van der Waals surface area contributed by atoms with E-state index >= 15 is 0 Å². The maximum absolute atomic E-state index is 2.26. The molecule has 0 unspecified atom stereocenters. The van der Waals surface area contributed by atoms with Gasteiger partial charge in [-0.1, -0.05) is 26.0 Å². The van der Waals surface area contributed by atoms with Crippen molar-refractivity contribution in [2.24, 2.45) is 5.92 Å². The van der Waals surface area contributed by atoms with Crippen LogP contribution in [0.1, 0.15) is 13.8 Å². The van der Waals surface area contributed by atoms with Crippen LogP contribution < -0.4 is 0 Å². The fraction of sp³-hybridized carbons (Fsp3) is 0.667. The third-order valence-corrected chi connectivity index (χ3v) is 1.23. The summed E-state index contributed by atoms with van der Waals surface area (Å²) < 4.78 is 0. The van der Waals surface area contributed by atoms with Gasteiger partial charge in [0.25, 0.3) is 0 Å². The second kappa shape index (κ2) is 4.12. The van der Waals surface area contributed by atoms with Gasteiger partial charge in [-0.2, -0.15) is 0 Å². The number of rotatable bonds is 2. The van der Waals surface area contributed by atoms with Gasteiger partial charge < -0.3 is 0 Å². The largest absolute Gasteiger partial charge is 0.0918 e. The van der Waals surface area contributed by atoms with E-state index < -0.39 is 0 Å². The number of hydrogen-bond donors (Lipinski definition) is 0. The first-order valence-electron chi connectivity index (χ1n) is 2.94. The van der Waals surface area contributed by atoms with Crippen molar-refractivity contribution in [2.75, 3.05) is 0 Å². The van der Waals surface area contributed by atoms with Crippen LogP contribution in [-0.2, 0) is 0 Å². The average molecular weight is 114 g/mol. The second-order valence-electron chi connectivity index (χ2n) is 2.08. The van der Waals surface area contributed by atoms with Crippen molar-refractivity contribution in [2.45, 2.75) is 19.9 Å². The molecule has 0 saturated carbocycles. The van der Waals surface area contributed by atoms with Crippen LogP contribution in [0.4, 0.5) is 0 Å². The summed E-state index contributed by atoms with van der Waals surface area (Å²) in [6.45, 7) is 4.40. The van der Waals surface area contributed by atoms with Crippen LogP contribution >= 0.6 is 0 Å². The lowest BCUT2D eigenvalue weighted by molar-refractivity contribution is 0.830. The molecule has 0 aromatic rings. The molecular weight excluding hydrogens is 100 g/mol. The highest BCUT2D eigenvalue weighted by Crippen LogP contribution is 1.92. The van der Waals surface area contributed by atoms with Gasteiger partial charge in [0.2, 0.25) is 0 Å². The molecule has 0 nitrogen and oxygen atoms in total. The van der Waals surface area contributed by atoms with Gasteiger partial charge >= 0.3 is 0 Å². The molecule has 0 spiro atoms. The monoisotopic (exact) mass is 114 g/mol. The molecular formula is C6H14Si. The van der Waals surface area contributed by atoms with E-state index in [-0.39, 0.29) is 0 Å². The fourth-order valence-electron chi connectivity index (χ4n) is 0.408. The van der Waals surface area contributed by atoms with Gasteiger partial charge in [-0.3, -0.25) is 0 Å². The first kappa shape index (κ1) is 6.96. The third kappa shape index (κ3) is 5.96. The van der Waals surface area contributed by atoms with E-state index in [0.29, 0.717) is 0 Å². The maximum atomic E-state index is 2.26. The van der Waals surface area contributed by atoms with Crippen molar-refractivity contribution in [3.8, 4) is 0 Å². The van der Waals surface area contributed by atoms with Gasteiger partial charge in [-0.15, -0.1) is 0 Å². The van der Waals surface area contributed by atoms with Crippen molar-refractivity contribution in [1.29, 1.82) is 0 Å². The highest BCUT2D eigenvalue weighted by Gasteiger charge is 1.78. The van der Waals surface area contributed by atoms with E-state index in [1.807, 2.05) is 0 Å². The number of allylic oxidation sites excluding steroid dienone is 2. The summed E-state index contributed by atoms with van der Waals surface area (Å²) in [5.41, 5.74) is 0. The van der Waals surface area contributed by atoms with Crippen molar-refractivity contribution in [3.05, 3.63) is 12.2 Å².